The van der Waals surface area contributed by atoms with Crippen LogP contribution in [0, 0.1) is 5.82 Å². The van der Waals surface area contributed by atoms with E-state index in [2.05, 4.69) is 10.1 Å². The quantitative estimate of drug-likeness (QED) is 0.678. The van der Waals surface area contributed by atoms with Crippen molar-refractivity contribution < 1.29 is 27.4 Å². The fourth-order valence-electron chi connectivity index (χ4n) is 1.32. The molecule has 4 N–H and O–H groups in total. The Bertz CT molecular complexity index is 575. The molecule has 9 heteroatoms. The Hall–Kier alpha value is -1.71. The van der Waals surface area contributed by atoms with E-state index in [0.717, 1.165) is 12.1 Å². The van der Waals surface area contributed by atoms with Gasteiger partial charge in [-0.25, -0.2) is 22.7 Å². The molecule has 1 rings (SSSR count). The number of hydrogen-bond acceptors (Lipinski definition) is 5. The maximum Gasteiger partial charge on any atom is 0.328 e. The predicted molar refractivity (Wildman–Crippen MR) is 64.7 cm³/mol. The average molecular weight is 292 g/mol. The van der Waals surface area contributed by atoms with Crippen molar-refractivity contribution in [2.24, 2.45) is 5.14 Å². The molecule has 0 spiro atoms. The molecule has 106 valence electrons. The summed E-state index contributed by atoms with van der Waals surface area (Å²) in [7, 11) is -2.70. The molecule has 0 aromatic heterocycles. The number of aliphatic carboxylic acids is 1. The van der Waals surface area contributed by atoms with Gasteiger partial charge < -0.3 is 15.2 Å². The summed E-state index contributed by atoms with van der Waals surface area (Å²) in [6, 6.07) is 1.73. The highest BCUT2D eigenvalue weighted by Crippen LogP contribution is 2.19. The van der Waals surface area contributed by atoms with Gasteiger partial charge in [0, 0.05) is 7.11 Å². The van der Waals surface area contributed by atoms with Crippen LogP contribution in [0.2, 0.25) is 0 Å². The molecule has 0 aliphatic carbocycles. The zero-order chi connectivity index (χ0) is 14.6. The first-order valence-corrected chi connectivity index (χ1v) is 6.61. The average Bonchev–Trinajstić information content (AvgIpc) is 2.29. The fourth-order valence-corrected chi connectivity index (χ4v) is 1.84. The summed E-state index contributed by atoms with van der Waals surface area (Å²) in [4.78, 5) is 10.5. The lowest BCUT2D eigenvalue weighted by Crippen LogP contribution is -2.34. The van der Waals surface area contributed by atoms with Crippen LogP contribution in [0.5, 0.6) is 0 Å². The molecule has 0 radical (unpaired) electrons. The van der Waals surface area contributed by atoms with E-state index in [1.54, 1.807) is 0 Å². The maximum atomic E-state index is 13.6. The van der Waals surface area contributed by atoms with Gasteiger partial charge in [-0.2, -0.15) is 0 Å². The number of halogens is 1. The van der Waals surface area contributed by atoms with Gasteiger partial charge in [-0.15, -0.1) is 0 Å². The van der Waals surface area contributed by atoms with Crippen molar-refractivity contribution in [1.29, 1.82) is 0 Å². The zero-order valence-electron chi connectivity index (χ0n) is 9.96. The van der Waals surface area contributed by atoms with Crippen LogP contribution in [0.25, 0.3) is 0 Å². The lowest BCUT2D eigenvalue weighted by Gasteiger charge is -2.15. The molecule has 0 aliphatic rings. The molecular weight excluding hydrogens is 279 g/mol. The smallest absolute Gasteiger partial charge is 0.328 e. The van der Waals surface area contributed by atoms with Crippen molar-refractivity contribution in [3.8, 4) is 0 Å². The summed E-state index contributed by atoms with van der Waals surface area (Å²) in [6.45, 7) is -0.175. The molecule has 1 unspecified atom stereocenters. The Balaban J connectivity index is 3.00. The van der Waals surface area contributed by atoms with Crippen LogP contribution < -0.4 is 10.5 Å². The van der Waals surface area contributed by atoms with Gasteiger partial charge >= 0.3 is 5.97 Å². The van der Waals surface area contributed by atoms with Crippen molar-refractivity contribution in [3.05, 3.63) is 24.0 Å². The van der Waals surface area contributed by atoms with E-state index >= 15 is 0 Å². The molecule has 0 saturated heterocycles. The predicted octanol–water partition coefficient (Wildman–Crippen LogP) is -0.0154. The van der Waals surface area contributed by atoms with Crippen LogP contribution in [0.4, 0.5) is 10.1 Å². The van der Waals surface area contributed by atoms with Gasteiger partial charge in [0.2, 0.25) is 10.0 Å². The van der Waals surface area contributed by atoms with Crippen molar-refractivity contribution in [1.82, 2.24) is 0 Å². The van der Waals surface area contributed by atoms with Gasteiger partial charge in [-0.3, -0.25) is 0 Å². The molecular formula is C10H13FN2O5S. The summed E-state index contributed by atoms with van der Waals surface area (Å²) in [6.07, 6.45) is 0. The Labute approximate surface area is 109 Å². The molecule has 0 aliphatic heterocycles. The minimum absolute atomic E-state index is 0.156. The number of primary sulfonamides is 1. The molecule has 1 aromatic rings. The summed E-state index contributed by atoms with van der Waals surface area (Å²) in [5.74, 6) is -2.15. The van der Waals surface area contributed by atoms with Crippen LogP contribution in [0.1, 0.15) is 0 Å². The van der Waals surface area contributed by atoms with Crippen molar-refractivity contribution >= 4 is 21.7 Å². The van der Waals surface area contributed by atoms with Gasteiger partial charge in [-0.05, 0) is 18.2 Å². The molecule has 1 atom stereocenters. The number of carboxylic acid groups (broad SMARTS) is 1. The number of anilines is 1. The number of nitrogens with one attached hydrogen (secondary N) is 1. The third-order valence-corrected chi connectivity index (χ3v) is 3.14. The van der Waals surface area contributed by atoms with E-state index in [9.17, 15) is 17.6 Å². The minimum atomic E-state index is -4.01. The highest BCUT2D eigenvalue weighted by molar-refractivity contribution is 7.89. The van der Waals surface area contributed by atoms with E-state index in [1.807, 2.05) is 0 Å². The van der Waals surface area contributed by atoms with Crippen LogP contribution in [-0.2, 0) is 19.6 Å². The van der Waals surface area contributed by atoms with Gasteiger partial charge in [0.05, 0.1) is 17.2 Å². The normalized spacial score (nSPS) is 13.0. The summed E-state index contributed by atoms with van der Waals surface area (Å²) in [5.41, 5.74) is -0.156. The monoisotopic (exact) mass is 292 g/mol. The first-order chi connectivity index (χ1) is 8.75. The maximum absolute atomic E-state index is 13.6. The van der Waals surface area contributed by atoms with Gasteiger partial charge in [0.1, 0.15) is 11.9 Å². The molecule has 0 bridgehead atoms. The number of carboxylic acids is 1. The molecule has 19 heavy (non-hydrogen) atoms. The summed E-state index contributed by atoms with van der Waals surface area (Å²) < 4.78 is 40.3. The number of carbonyl (C=O) groups is 1. The number of benzene rings is 1. The van der Waals surface area contributed by atoms with Crippen molar-refractivity contribution in [2.45, 2.75) is 10.9 Å². The second-order valence-electron chi connectivity index (χ2n) is 3.68. The van der Waals surface area contributed by atoms with Gasteiger partial charge in [-0.1, -0.05) is 0 Å². The summed E-state index contributed by atoms with van der Waals surface area (Å²) in [5, 5.41) is 16.1. The first kappa shape index (κ1) is 15.3. The van der Waals surface area contributed by atoms with E-state index in [-0.39, 0.29) is 12.3 Å². The highest BCUT2D eigenvalue weighted by Gasteiger charge is 2.19. The topological polar surface area (TPSA) is 119 Å². The van der Waals surface area contributed by atoms with Gasteiger partial charge in [0.15, 0.2) is 0 Å². The number of ether oxygens (including phenoxy) is 1. The molecule has 0 heterocycles. The second kappa shape index (κ2) is 5.95. The molecule has 7 nitrogen and oxygen atoms in total. The SMILES string of the molecule is COCC(Nc1ccc(S(N)(=O)=O)cc1F)C(=O)O. The van der Waals surface area contributed by atoms with E-state index in [4.69, 9.17) is 10.2 Å². The Kier molecular flexibility index (Phi) is 4.81. The van der Waals surface area contributed by atoms with E-state index in [0.29, 0.717) is 6.07 Å². The molecule has 0 saturated carbocycles. The van der Waals surface area contributed by atoms with E-state index < -0.39 is 32.7 Å². The fraction of sp³-hybridized carbons (Fsp3) is 0.300. The standard InChI is InChI=1S/C10H13FN2O5S/c1-18-5-9(10(14)15)13-8-3-2-6(4-7(8)11)19(12,16)17/h2-4,9,13H,5H2,1H3,(H,14,15)(H2,12,16,17). The number of methoxy groups -OCH3 is 1. The molecule has 1 aromatic carbocycles. The van der Waals surface area contributed by atoms with Crippen LogP contribution >= 0.6 is 0 Å². The first-order valence-electron chi connectivity index (χ1n) is 5.06. The number of nitrogens with two attached hydrogens (primary N) is 1. The number of rotatable bonds is 6. The molecule has 0 fully saturated rings. The largest absolute Gasteiger partial charge is 0.480 e. The van der Waals surface area contributed by atoms with Crippen LogP contribution in [-0.4, -0.2) is 39.3 Å². The second-order valence-corrected chi connectivity index (χ2v) is 5.24. The lowest BCUT2D eigenvalue weighted by molar-refractivity contribution is -0.139. The van der Waals surface area contributed by atoms with Crippen LogP contribution in [0.3, 0.4) is 0 Å². The van der Waals surface area contributed by atoms with Crippen molar-refractivity contribution in [3.63, 3.8) is 0 Å². The van der Waals surface area contributed by atoms with Crippen molar-refractivity contribution in [2.75, 3.05) is 19.0 Å². The lowest BCUT2D eigenvalue weighted by atomic mass is 10.2. The van der Waals surface area contributed by atoms with E-state index in [1.165, 1.54) is 7.11 Å². The third-order valence-electron chi connectivity index (χ3n) is 2.23. The number of hydrogen-bond donors (Lipinski definition) is 3. The Morgan fingerprint density at radius 2 is 2.21 bits per heavy atom. The van der Waals surface area contributed by atoms with Gasteiger partial charge in [0.25, 0.3) is 0 Å². The number of sulfonamides is 1. The zero-order valence-corrected chi connectivity index (χ0v) is 10.8. The third kappa shape index (κ3) is 4.16. The van der Waals surface area contributed by atoms with Crippen LogP contribution in [0.15, 0.2) is 23.1 Å². The Morgan fingerprint density at radius 1 is 1.58 bits per heavy atom. The highest BCUT2D eigenvalue weighted by atomic mass is 32.2. The summed E-state index contributed by atoms with van der Waals surface area (Å²) >= 11 is 0. The Morgan fingerprint density at radius 3 is 2.63 bits per heavy atom. The molecule has 0 amide bonds. The minimum Gasteiger partial charge on any atom is -0.480 e.